The number of rotatable bonds is 5. The van der Waals surface area contributed by atoms with Crippen molar-refractivity contribution in [1.29, 1.82) is 0 Å². The van der Waals surface area contributed by atoms with Crippen LogP contribution in [0.25, 0.3) is 50.2 Å². The van der Waals surface area contributed by atoms with Crippen molar-refractivity contribution in [1.82, 2.24) is 29.5 Å². The number of imide groups is 1. The van der Waals surface area contributed by atoms with Gasteiger partial charge < -0.3 is 5.11 Å². The van der Waals surface area contributed by atoms with Gasteiger partial charge in [0.15, 0.2) is 11.3 Å². The second-order valence-corrected chi connectivity index (χ2v) is 13.3. The molecule has 7 aromatic rings. The first-order valence-corrected chi connectivity index (χ1v) is 16.2. The summed E-state index contributed by atoms with van der Waals surface area (Å²) in [6.45, 7) is 3.68. The van der Waals surface area contributed by atoms with Crippen LogP contribution in [0.4, 0.5) is 0 Å². The summed E-state index contributed by atoms with van der Waals surface area (Å²) in [5.74, 6) is -0.674. The summed E-state index contributed by atoms with van der Waals surface area (Å²) in [6.07, 6.45) is 5.94. The first kappa shape index (κ1) is 29.1. The van der Waals surface area contributed by atoms with E-state index >= 15 is 0 Å². The molecule has 0 bridgehead atoms. The molecular formula is C40H30N6O3. The van der Waals surface area contributed by atoms with Gasteiger partial charge >= 0.3 is 0 Å². The average Bonchev–Trinajstić information content (AvgIpc) is 3.62. The molecule has 1 N–H and O–H groups in total. The SMILES string of the molecule is Cc1cc2ncc3c(-c4cccnc4)c(-c4ccccc4)c(-c4ccc([C@]5(N6C(=O)c7ccccc7C6=O)C[C@](C)(O)C5)cc4)nc3n2n1. The van der Waals surface area contributed by atoms with E-state index in [0.29, 0.717) is 22.4 Å². The molecule has 9 nitrogen and oxygen atoms in total. The lowest BCUT2D eigenvalue weighted by Crippen LogP contribution is -2.63. The third kappa shape index (κ3) is 4.36. The molecule has 49 heavy (non-hydrogen) atoms. The molecule has 0 spiro atoms. The van der Waals surface area contributed by atoms with Crippen LogP contribution in [-0.2, 0) is 5.54 Å². The zero-order chi connectivity index (χ0) is 33.5. The van der Waals surface area contributed by atoms with Crippen LogP contribution in [0.5, 0.6) is 0 Å². The van der Waals surface area contributed by atoms with Gasteiger partial charge in [-0.15, -0.1) is 0 Å². The molecule has 1 fully saturated rings. The Morgan fingerprint density at radius 2 is 1.43 bits per heavy atom. The average molecular weight is 643 g/mol. The predicted molar refractivity (Wildman–Crippen MR) is 186 cm³/mol. The van der Waals surface area contributed by atoms with Gasteiger partial charge in [-0.05, 0) is 43.2 Å². The Hall–Kier alpha value is -6.06. The minimum absolute atomic E-state index is 0.239. The highest BCUT2D eigenvalue weighted by molar-refractivity contribution is 6.22. The molecule has 1 saturated carbocycles. The van der Waals surface area contributed by atoms with Crippen molar-refractivity contribution in [3.05, 3.63) is 138 Å². The Bertz CT molecular complexity index is 2430. The predicted octanol–water partition coefficient (Wildman–Crippen LogP) is 7.02. The van der Waals surface area contributed by atoms with Gasteiger partial charge in [-0.2, -0.15) is 9.61 Å². The van der Waals surface area contributed by atoms with E-state index in [4.69, 9.17) is 15.1 Å². The van der Waals surface area contributed by atoms with Crippen molar-refractivity contribution in [2.45, 2.75) is 37.8 Å². The quantitative estimate of drug-likeness (QED) is 0.201. The zero-order valence-electron chi connectivity index (χ0n) is 26.8. The number of carbonyl (C=O) groups excluding carboxylic acids is 2. The Labute approximate surface area is 281 Å². The van der Waals surface area contributed by atoms with Crippen LogP contribution in [0.3, 0.4) is 0 Å². The van der Waals surface area contributed by atoms with E-state index in [9.17, 15) is 14.7 Å². The Kier molecular flexibility index (Phi) is 6.22. The van der Waals surface area contributed by atoms with E-state index in [-0.39, 0.29) is 24.7 Å². The van der Waals surface area contributed by atoms with E-state index in [1.54, 1.807) is 41.9 Å². The van der Waals surface area contributed by atoms with Gasteiger partial charge in [0.2, 0.25) is 0 Å². The van der Waals surface area contributed by atoms with Gasteiger partial charge in [0.1, 0.15) is 0 Å². The molecule has 0 radical (unpaired) electrons. The molecule has 0 unspecified atom stereocenters. The molecule has 4 aromatic heterocycles. The van der Waals surface area contributed by atoms with Gasteiger partial charge in [0, 0.05) is 65.1 Å². The number of carbonyl (C=O) groups is 2. The van der Waals surface area contributed by atoms with E-state index in [1.165, 1.54) is 4.90 Å². The molecule has 1 aliphatic carbocycles. The summed E-state index contributed by atoms with van der Waals surface area (Å²) in [7, 11) is 0. The number of aryl methyl sites for hydroxylation is 1. The molecule has 238 valence electrons. The molecule has 0 atom stereocenters. The third-order valence-corrected chi connectivity index (χ3v) is 9.83. The third-order valence-electron chi connectivity index (χ3n) is 9.83. The summed E-state index contributed by atoms with van der Waals surface area (Å²) in [6, 6.07) is 30.8. The lowest BCUT2D eigenvalue weighted by atomic mass is 9.61. The largest absolute Gasteiger partial charge is 0.390 e. The van der Waals surface area contributed by atoms with E-state index in [0.717, 1.165) is 50.2 Å². The van der Waals surface area contributed by atoms with Gasteiger partial charge in [-0.3, -0.25) is 19.5 Å². The minimum Gasteiger partial charge on any atom is -0.390 e. The first-order chi connectivity index (χ1) is 23.7. The number of hydrogen-bond acceptors (Lipinski definition) is 7. The van der Waals surface area contributed by atoms with Crippen LogP contribution < -0.4 is 0 Å². The second-order valence-electron chi connectivity index (χ2n) is 13.3. The summed E-state index contributed by atoms with van der Waals surface area (Å²) >= 11 is 0. The first-order valence-electron chi connectivity index (χ1n) is 16.2. The smallest absolute Gasteiger partial charge is 0.262 e. The standard InChI is InChI=1S/C40H30N6O3/c1-24-19-32-42-21-31-33(27-11-8-18-41-20-27)34(25-9-4-3-5-10-25)35(43-36(31)46(32)44-24)26-14-16-28(17-15-26)40(22-39(2,49)23-40)45-37(47)29-12-6-7-13-30(29)38(45)48/h3-21,49H,22-23H2,1-2H3/t39-,40-. The van der Waals surface area contributed by atoms with Crippen molar-refractivity contribution >= 4 is 28.5 Å². The number of pyridine rings is 2. The Balaban J connectivity index is 1.26. The maximum atomic E-state index is 13.7. The number of fused-ring (bicyclic) bond motifs is 4. The van der Waals surface area contributed by atoms with E-state index < -0.39 is 11.1 Å². The van der Waals surface area contributed by atoms with Crippen LogP contribution in [0, 0.1) is 6.92 Å². The highest BCUT2D eigenvalue weighted by Gasteiger charge is 2.60. The van der Waals surface area contributed by atoms with Crippen molar-refractivity contribution in [3.8, 4) is 33.5 Å². The highest BCUT2D eigenvalue weighted by atomic mass is 16.3. The summed E-state index contributed by atoms with van der Waals surface area (Å²) in [4.78, 5) is 43.3. The molecule has 9 heteroatoms. The fraction of sp³-hybridized carbons (Fsp3) is 0.150. The number of benzene rings is 3. The lowest BCUT2D eigenvalue weighted by molar-refractivity contribution is -0.118. The van der Waals surface area contributed by atoms with Crippen molar-refractivity contribution in [2.24, 2.45) is 0 Å². The highest BCUT2D eigenvalue weighted by Crippen LogP contribution is 2.55. The number of aliphatic hydroxyl groups is 1. The van der Waals surface area contributed by atoms with Gasteiger partial charge in [-0.1, -0.05) is 72.8 Å². The van der Waals surface area contributed by atoms with E-state index in [1.807, 2.05) is 80.0 Å². The van der Waals surface area contributed by atoms with Crippen LogP contribution in [-0.4, -0.2) is 52.0 Å². The van der Waals surface area contributed by atoms with Crippen LogP contribution in [0.2, 0.25) is 0 Å². The van der Waals surface area contributed by atoms with Crippen LogP contribution >= 0.6 is 0 Å². The van der Waals surface area contributed by atoms with Crippen molar-refractivity contribution in [2.75, 3.05) is 0 Å². The fourth-order valence-corrected chi connectivity index (χ4v) is 7.86. The molecule has 2 aliphatic rings. The molecule has 3 aromatic carbocycles. The number of aromatic nitrogens is 5. The topological polar surface area (TPSA) is 114 Å². The van der Waals surface area contributed by atoms with Crippen molar-refractivity contribution in [3.63, 3.8) is 0 Å². The summed E-state index contributed by atoms with van der Waals surface area (Å²) in [5, 5.41) is 16.6. The molecule has 2 amide bonds. The van der Waals surface area contributed by atoms with Crippen molar-refractivity contribution < 1.29 is 14.7 Å². The summed E-state index contributed by atoms with van der Waals surface area (Å²) in [5.41, 5.74) is 7.06. The fourth-order valence-electron chi connectivity index (χ4n) is 7.86. The molecule has 9 rings (SSSR count). The number of hydrogen-bond donors (Lipinski definition) is 1. The lowest BCUT2D eigenvalue weighted by Gasteiger charge is -2.55. The second kappa shape index (κ2) is 10.5. The molecule has 1 aliphatic heterocycles. The monoisotopic (exact) mass is 642 g/mol. The van der Waals surface area contributed by atoms with Gasteiger partial charge in [0.05, 0.1) is 33.7 Å². The van der Waals surface area contributed by atoms with Gasteiger partial charge in [-0.25, -0.2) is 9.97 Å². The molecule has 5 heterocycles. The molecule has 0 saturated heterocycles. The number of amides is 2. The molecular weight excluding hydrogens is 612 g/mol. The number of nitrogens with zero attached hydrogens (tertiary/aromatic N) is 6. The Morgan fingerprint density at radius 3 is 2.08 bits per heavy atom. The zero-order valence-corrected chi connectivity index (χ0v) is 26.8. The van der Waals surface area contributed by atoms with E-state index in [2.05, 4.69) is 17.1 Å². The maximum Gasteiger partial charge on any atom is 0.262 e. The summed E-state index contributed by atoms with van der Waals surface area (Å²) < 4.78 is 1.78. The minimum atomic E-state index is -1.02. The van der Waals surface area contributed by atoms with Gasteiger partial charge in [0.25, 0.3) is 11.8 Å². The van der Waals surface area contributed by atoms with Crippen LogP contribution in [0.15, 0.2) is 116 Å². The normalized spacial score (nSPS) is 20.2. The van der Waals surface area contributed by atoms with Crippen LogP contribution in [0.1, 0.15) is 51.7 Å². The Morgan fingerprint density at radius 1 is 0.755 bits per heavy atom. The maximum absolute atomic E-state index is 13.7.